The molecule has 0 unspecified atom stereocenters. The van der Waals surface area contributed by atoms with Crippen molar-refractivity contribution in [1.29, 1.82) is 0 Å². The zero-order chi connectivity index (χ0) is 21.4. The molecule has 3 rings (SSSR count). The first-order valence-electron chi connectivity index (χ1n) is 8.25. The summed E-state index contributed by atoms with van der Waals surface area (Å²) in [6, 6.07) is 10.1. The van der Waals surface area contributed by atoms with Crippen molar-refractivity contribution in [3.8, 4) is 0 Å². The number of aliphatic carboxylic acids is 1. The Bertz CT molecular complexity index is 1160. The van der Waals surface area contributed by atoms with Gasteiger partial charge in [0, 0.05) is 0 Å². The van der Waals surface area contributed by atoms with E-state index in [0.717, 1.165) is 16.1 Å². The summed E-state index contributed by atoms with van der Waals surface area (Å²) < 4.78 is 71.2. The van der Waals surface area contributed by atoms with Crippen LogP contribution in [0.4, 0.5) is 13.2 Å². The molecule has 0 radical (unpaired) electrons. The third-order valence-electron chi connectivity index (χ3n) is 4.09. The molecule has 0 aliphatic heterocycles. The van der Waals surface area contributed by atoms with E-state index in [1.807, 2.05) is 0 Å². The Morgan fingerprint density at radius 1 is 1.21 bits per heavy atom. The van der Waals surface area contributed by atoms with Crippen molar-refractivity contribution in [3.05, 3.63) is 59.9 Å². The molecule has 2 aromatic heterocycles. The second kappa shape index (κ2) is 7.48. The molecule has 2 heterocycles. The highest BCUT2D eigenvalue weighted by atomic mass is 32.2. The van der Waals surface area contributed by atoms with Gasteiger partial charge < -0.3 is 9.84 Å². The van der Waals surface area contributed by atoms with E-state index in [4.69, 9.17) is 9.84 Å². The van der Waals surface area contributed by atoms with Crippen LogP contribution < -0.4 is 0 Å². The Hall–Kier alpha value is -2.92. The Labute approximate surface area is 163 Å². The number of hydrogen-bond donors (Lipinski definition) is 1. The summed E-state index contributed by atoms with van der Waals surface area (Å²) in [6.07, 6.45) is -5.96. The van der Waals surface area contributed by atoms with Gasteiger partial charge in [-0.15, -0.1) is 0 Å². The molecule has 7 nitrogen and oxygen atoms in total. The first kappa shape index (κ1) is 20.8. The van der Waals surface area contributed by atoms with E-state index in [0.29, 0.717) is 6.07 Å². The quantitative estimate of drug-likeness (QED) is 0.647. The van der Waals surface area contributed by atoms with E-state index in [1.165, 1.54) is 31.2 Å². The van der Waals surface area contributed by atoms with E-state index in [2.05, 4.69) is 4.98 Å². The molecule has 0 saturated carbocycles. The highest BCUT2D eigenvalue weighted by Gasteiger charge is 2.33. The number of hydrogen-bond acceptors (Lipinski definition) is 5. The number of carboxylic acids is 1. The first-order valence-corrected chi connectivity index (χ1v) is 9.69. The van der Waals surface area contributed by atoms with Crippen LogP contribution in [-0.2, 0) is 32.3 Å². The Morgan fingerprint density at radius 3 is 2.45 bits per heavy atom. The molecule has 0 bridgehead atoms. The van der Waals surface area contributed by atoms with Gasteiger partial charge in [-0.25, -0.2) is 22.2 Å². The van der Waals surface area contributed by atoms with Crippen molar-refractivity contribution in [2.24, 2.45) is 0 Å². The molecule has 11 heteroatoms. The molecule has 0 aliphatic carbocycles. The Balaban J connectivity index is 2.19. The standard InChI is InChI=1S/C18H15F3N2O5S/c1-11(17(24)25)28-10-12-9-14-15(7-8-16(22-14)18(19,20)21)23(12)29(26,27)13-5-3-2-4-6-13/h2-9,11H,10H2,1H3,(H,24,25)/t11-/m0/s1. The second-order valence-corrected chi connectivity index (χ2v) is 7.89. The van der Waals surface area contributed by atoms with Crippen LogP contribution in [0.25, 0.3) is 11.0 Å². The van der Waals surface area contributed by atoms with Crippen LogP contribution >= 0.6 is 0 Å². The monoisotopic (exact) mass is 428 g/mol. The molecule has 0 fully saturated rings. The smallest absolute Gasteiger partial charge is 0.433 e. The number of carbonyl (C=O) groups is 1. The molecule has 0 spiro atoms. The van der Waals surface area contributed by atoms with E-state index in [-0.39, 0.29) is 21.6 Å². The van der Waals surface area contributed by atoms with Crippen LogP contribution in [0.5, 0.6) is 0 Å². The Kier molecular flexibility index (Phi) is 5.37. The molecular weight excluding hydrogens is 413 g/mol. The summed E-state index contributed by atoms with van der Waals surface area (Å²) in [7, 11) is -4.20. The lowest BCUT2D eigenvalue weighted by Crippen LogP contribution is -2.22. The zero-order valence-electron chi connectivity index (χ0n) is 14.9. The normalized spacial score (nSPS) is 13.5. The minimum atomic E-state index is -4.71. The van der Waals surface area contributed by atoms with E-state index >= 15 is 0 Å². The van der Waals surface area contributed by atoms with Gasteiger partial charge in [-0.3, -0.25) is 0 Å². The van der Waals surface area contributed by atoms with Crippen molar-refractivity contribution in [1.82, 2.24) is 8.96 Å². The van der Waals surface area contributed by atoms with Crippen LogP contribution in [0.2, 0.25) is 0 Å². The highest BCUT2D eigenvalue weighted by Crippen LogP contribution is 2.31. The van der Waals surface area contributed by atoms with Crippen LogP contribution in [0.15, 0.2) is 53.4 Å². The van der Waals surface area contributed by atoms with Gasteiger partial charge in [0.05, 0.1) is 28.2 Å². The van der Waals surface area contributed by atoms with Gasteiger partial charge in [0.25, 0.3) is 10.0 Å². The number of nitrogens with zero attached hydrogens (tertiary/aromatic N) is 2. The highest BCUT2D eigenvalue weighted by molar-refractivity contribution is 7.90. The fourth-order valence-corrected chi connectivity index (χ4v) is 4.18. The van der Waals surface area contributed by atoms with Crippen molar-refractivity contribution in [2.45, 2.75) is 30.7 Å². The average molecular weight is 428 g/mol. The number of ether oxygens (including phenoxy) is 1. The topological polar surface area (TPSA) is 98.5 Å². The zero-order valence-corrected chi connectivity index (χ0v) is 15.7. The first-order chi connectivity index (χ1) is 13.5. The van der Waals surface area contributed by atoms with Gasteiger partial charge >= 0.3 is 12.1 Å². The van der Waals surface area contributed by atoms with Crippen LogP contribution in [0.1, 0.15) is 18.3 Å². The average Bonchev–Trinajstić information content (AvgIpc) is 3.04. The predicted octanol–water partition coefficient (Wildman–Crippen LogP) is 3.28. The number of benzene rings is 1. The maximum absolute atomic E-state index is 13.1. The van der Waals surface area contributed by atoms with E-state index < -0.39 is 40.6 Å². The molecule has 154 valence electrons. The molecule has 0 saturated heterocycles. The Morgan fingerprint density at radius 2 is 1.86 bits per heavy atom. The lowest BCUT2D eigenvalue weighted by atomic mass is 10.3. The minimum absolute atomic E-state index is 0.0521. The lowest BCUT2D eigenvalue weighted by molar-refractivity contribution is -0.150. The van der Waals surface area contributed by atoms with E-state index in [9.17, 15) is 26.4 Å². The van der Waals surface area contributed by atoms with Crippen LogP contribution in [-0.4, -0.2) is 34.6 Å². The molecular formula is C18H15F3N2O5S. The van der Waals surface area contributed by atoms with Gasteiger partial charge in [0.2, 0.25) is 0 Å². The molecule has 29 heavy (non-hydrogen) atoms. The van der Waals surface area contributed by atoms with Gasteiger partial charge in [-0.1, -0.05) is 18.2 Å². The van der Waals surface area contributed by atoms with Gasteiger partial charge in [0.1, 0.15) is 5.69 Å². The minimum Gasteiger partial charge on any atom is -0.479 e. The molecule has 3 aromatic rings. The summed E-state index contributed by atoms with van der Waals surface area (Å²) in [6.45, 7) is 0.790. The van der Waals surface area contributed by atoms with Gasteiger partial charge in [0.15, 0.2) is 6.10 Å². The third kappa shape index (κ3) is 4.10. The fraction of sp³-hybridized carbons (Fsp3) is 0.222. The predicted molar refractivity (Wildman–Crippen MR) is 95.6 cm³/mol. The van der Waals surface area contributed by atoms with E-state index in [1.54, 1.807) is 6.07 Å². The molecule has 0 aliphatic rings. The summed E-state index contributed by atoms with van der Waals surface area (Å²) in [5.74, 6) is -1.27. The maximum atomic E-state index is 13.1. The second-order valence-electron chi connectivity index (χ2n) is 6.11. The molecule has 0 amide bonds. The number of alkyl halides is 3. The molecule has 1 atom stereocenters. The molecule has 1 aromatic carbocycles. The van der Waals surface area contributed by atoms with Crippen molar-refractivity contribution in [2.75, 3.05) is 0 Å². The van der Waals surface area contributed by atoms with Crippen LogP contribution in [0, 0.1) is 0 Å². The SMILES string of the molecule is C[C@H](OCc1cc2nc(C(F)(F)F)ccc2n1S(=O)(=O)c1ccccc1)C(=O)O. The number of rotatable bonds is 6. The van der Waals surface area contributed by atoms with Crippen molar-refractivity contribution >= 4 is 27.0 Å². The third-order valence-corrected chi connectivity index (χ3v) is 5.87. The van der Waals surface area contributed by atoms with Crippen molar-refractivity contribution in [3.63, 3.8) is 0 Å². The number of pyridine rings is 1. The van der Waals surface area contributed by atoms with Crippen molar-refractivity contribution < 1.29 is 36.2 Å². The van der Waals surface area contributed by atoms with Crippen LogP contribution in [0.3, 0.4) is 0 Å². The molecule has 1 N–H and O–H groups in total. The van der Waals surface area contributed by atoms with Gasteiger partial charge in [-0.05, 0) is 37.3 Å². The lowest BCUT2D eigenvalue weighted by Gasteiger charge is -2.13. The number of fused-ring (bicyclic) bond motifs is 1. The van der Waals surface area contributed by atoms with Gasteiger partial charge in [-0.2, -0.15) is 13.2 Å². The maximum Gasteiger partial charge on any atom is 0.433 e. The fourth-order valence-electron chi connectivity index (χ4n) is 2.64. The number of aromatic nitrogens is 2. The number of carboxylic acid groups (broad SMARTS) is 1. The summed E-state index contributed by atoms with van der Waals surface area (Å²) in [4.78, 5) is 14.4. The summed E-state index contributed by atoms with van der Waals surface area (Å²) >= 11 is 0. The number of halogens is 3. The summed E-state index contributed by atoms with van der Waals surface area (Å²) in [5, 5.41) is 8.95. The summed E-state index contributed by atoms with van der Waals surface area (Å²) in [5.41, 5.74) is -1.52. The largest absolute Gasteiger partial charge is 0.479 e.